The third-order valence-corrected chi connectivity index (χ3v) is 6.73. The first-order valence-electron chi connectivity index (χ1n) is 9.17. The zero-order valence-electron chi connectivity index (χ0n) is 16.7. The molecule has 0 unspecified atom stereocenters. The number of hydrogen-bond acceptors (Lipinski definition) is 6. The molecule has 0 amide bonds. The van der Waals surface area contributed by atoms with Crippen LogP contribution in [0.3, 0.4) is 0 Å². The van der Waals surface area contributed by atoms with E-state index in [1.807, 2.05) is 0 Å². The number of hydrogen-bond donors (Lipinski definition) is 3. The smallest absolute Gasteiger partial charge is 0.262 e. The summed E-state index contributed by atoms with van der Waals surface area (Å²) in [7, 11) is -0.645. The highest BCUT2D eigenvalue weighted by atomic mass is 32.2. The van der Waals surface area contributed by atoms with Crippen LogP contribution in [0.5, 0.6) is 0 Å². The summed E-state index contributed by atoms with van der Waals surface area (Å²) < 4.78 is 25.9. The maximum atomic E-state index is 12.7. The number of nitrogen functional groups attached to an aromatic ring is 1. The maximum Gasteiger partial charge on any atom is 0.262 e. The molecule has 156 valence electrons. The maximum absolute atomic E-state index is 12.7. The molecule has 0 saturated carbocycles. The Hall–Kier alpha value is -3.94. The number of rotatable bonds is 4. The summed E-state index contributed by atoms with van der Waals surface area (Å²) in [5.74, 6) is -0.0240. The minimum absolute atomic E-state index is 0.0240. The van der Waals surface area contributed by atoms with Crippen molar-refractivity contribution in [2.75, 3.05) is 19.8 Å². The first-order valence-corrected chi connectivity index (χ1v) is 10.6. The van der Waals surface area contributed by atoms with Crippen LogP contribution in [0.2, 0.25) is 0 Å². The number of nitrogens with zero attached hydrogens (tertiary/aromatic N) is 3. The first kappa shape index (κ1) is 20.3. The summed E-state index contributed by atoms with van der Waals surface area (Å²) in [5, 5.41) is 9.40. The van der Waals surface area contributed by atoms with E-state index in [2.05, 4.69) is 21.0 Å². The minimum atomic E-state index is -3.57. The second-order valence-electron chi connectivity index (χ2n) is 7.05. The van der Waals surface area contributed by atoms with Crippen LogP contribution in [0.1, 0.15) is 5.56 Å². The minimum Gasteiger partial charge on any atom is -0.369 e. The zero-order valence-corrected chi connectivity index (χ0v) is 17.5. The van der Waals surface area contributed by atoms with Gasteiger partial charge in [-0.1, -0.05) is 24.3 Å². The Kier molecular flexibility index (Phi) is 4.85. The van der Waals surface area contributed by atoms with Gasteiger partial charge >= 0.3 is 0 Å². The van der Waals surface area contributed by atoms with E-state index in [1.165, 1.54) is 26.2 Å². The van der Waals surface area contributed by atoms with E-state index < -0.39 is 15.6 Å². The van der Waals surface area contributed by atoms with Crippen LogP contribution in [-0.4, -0.2) is 41.8 Å². The Bertz CT molecular complexity index is 1490. The average Bonchev–Trinajstić information content (AvgIpc) is 3.13. The summed E-state index contributed by atoms with van der Waals surface area (Å²) >= 11 is 0. The molecule has 0 spiro atoms. The van der Waals surface area contributed by atoms with Gasteiger partial charge in [-0.25, -0.2) is 12.7 Å². The number of H-pyrrole nitrogens is 2. The lowest BCUT2D eigenvalue weighted by Crippen LogP contribution is -2.22. The van der Waals surface area contributed by atoms with Crippen molar-refractivity contribution in [1.29, 1.82) is 5.26 Å². The van der Waals surface area contributed by atoms with Crippen molar-refractivity contribution >= 4 is 27.0 Å². The Morgan fingerprint density at radius 1 is 1.00 bits per heavy atom. The molecule has 2 aromatic carbocycles. The molecule has 9 nitrogen and oxygen atoms in total. The largest absolute Gasteiger partial charge is 0.369 e. The molecule has 10 heteroatoms. The van der Waals surface area contributed by atoms with Gasteiger partial charge in [0, 0.05) is 19.7 Å². The van der Waals surface area contributed by atoms with Gasteiger partial charge in [0.2, 0.25) is 16.0 Å². The molecule has 4 rings (SSSR count). The Morgan fingerprint density at radius 2 is 1.61 bits per heavy atom. The Labute approximate surface area is 177 Å². The van der Waals surface area contributed by atoms with Crippen molar-refractivity contribution in [3.05, 3.63) is 64.4 Å². The topological polar surface area (TPSA) is 149 Å². The molecular formula is C21H18N6O3S. The van der Waals surface area contributed by atoms with Gasteiger partial charge in [-0.05, 0) is 35.4 Å². The number of nitrogens with two attached hydrogens (primary N) is 1. The van der Waals surface area contributed by atoms with Crippen molar-refractivity contribution in [2.24, 2.45) is 0 Å². The fraction of sp³-hybridized carbons (Fsp3) is 0.0952. The molecule has 2 aromatic heterocycles. The number of aromatic amines is 2. The van der Waals surface area contributed by atoms with E-state index in [9.17, 15) is 13.2 Å². The van der Waals surface area contributed by atoms with E-state index in [0.717, 1.165) is 4.31 Å². The molecule has 0 radical (unpaired) electrons. The SMILES string of the molecule is CN(C)S(=O)(=O)c1ccc(-c2[nH]c3nc(N)[nH]c(=O)c3c2-c2ccc(C#N)cc2)cc1. The number of sulfonamides is 1. The fourth-order valence-electron chi connectivity index (χ4n) is 3.34. The van der Waals surface area contributed by atoms with Gasteiger partial charge < -0.3 is 10.7 Å². The molecule has 0 aliphatic heterocycles. The summed E-state index contributed by atoms with van der Waals surface area (Å²) in [5.41, 5.74) is 8.60. The Morgan fingerprint density at radius 3 is 2.19 bits per heavy atom. The molecular weight excluding hydrogens is 416 g/mol. The predicted molar refractivity (Wildman–Crippen MR) is 118 cm³/mol. The molecule has 0 saturated heterocycles. The predicted octanol–water partition coefficient (Wildman–Crippen LogP) is 2.29. The monoisotopic (exact) mass is 434 g/mol. The quantitative estimate of drug-likeness (QED) is 0.449. The number of anilines is 1. The lowest BCUT2D eigenvalue weighted by Gasteiger charge is -2.12. The van der Waals surface area contributed by atoms with Crippen LogP contribution >= 0.6 is 0 Å². The van der Waals surface area contributed by atoms with Crippen LogP contribution in [0.25, 0.3) is 33.4 Å². The number of benzene rings is 2. The van der Waals surface area contributed by atoms with Gasteiger partial charge in [-0.3, -0.25) is 9.78 Å². The van der Waals surface area contributed by atoms with Gasteiger partial charge in [0.15, 0.2) is 0 Å². The van der Waals surface area contributed by atoms with Crippen LogP contribution < -0.4 is 11.3 Å². The van der Waals surface area contributed by atoms with Crippen LogP contribution in [0.15, 0.2) is 58.2 Å². The second-order valence-corrected chi connectivity index (χ2v) is 9.20. The third kappa shape index (κ3) is 3.46. The third-order valence-electron chi connectivity index (χ3n) is 4.91. The van der Waals surface area contributed by atoms with E-state index in [0.29, 0.717) is 39.0 Å². The van der Waals surface area contributed by atoms with Crippen molar-refractivity contribution < 1.29 is 8.42 Å². The van der Waals surface area contributed by atoms with Gasteiger partial charge in [-0.2, -0.15) is 10.2 Å². The second kappa shape index (κ2) is 7.39. The summed E-state index contributed by atoms with van der Waals surface area (Å²) in [6.45, 7) is 0. The molecule has 4 aromatic rings. The molecule has 31 heavy (non-hydrogen) atoms. The highest BCUT2D eigenvalue weighted by Crippen LogP contribution is 2.36. The molecule has 0 fully saturated rings. The molecule has 2 heterocycles. The molecule has 0 bridgehead atoms. The lowest BCUT2D eigenvalue weighted by atomic mass is 9.98. The van der Waals surface area contributed by atoms with Gasteiger partial charge in [-0.15, -0.1) is 0 Å². The average molecular weight is 434 g/mol. The van der Waals surface area contributed by atoms with Gasteiger partial charge in [0.05, 0.1) is 27.6 Å². The normalized spacial score (nSPS) is 11.7. The number of nitrogens with one attached hydrogen (secondary N) is 2. The van der Waals surface area contributed by atoms with E-state index in [4.69, 9.17) is 11.0 Å². The van der Waals surface area contributed by atoms with E-state index in [-0.39, 0.29) is 10.8 Å². The van der Waals surface area contributed by atoms with Crippen molar-refractivity contribution in [3.8, 4) is 28.5 Å². The number of fused-ring (bicyclic) bond motifs is 1. The fourth-order valence-corrected chi connectivity index (χ4v) is 4.24. The van der Waals surface area contributed by atoms with Crippen molar-refractivity contribution in [2.45, 2.75) is 4.90 Å². The lowest BCUT2D eigenvalue weighted by molar-refractivity contribution is 0.521. The molecule has 0 aliphatic rings. The van der Waals surface area contributed by atoms with Crippen LogP contribution in [0.4, 0.5) is 5.95 Å². The first-order chi connectivity index (χ1) is 14.7. The van der Waals surface area contributed by atoms with E-state index in [1.54, 1.807) is 36.4 Å². The molecule has 0 atom stereocenters. The highest BCUT2D eigenvalue weighted by molar-refractivity contribution is 7.89. The van der Waals surface area contributed by atoms with E-state index >= 15 is 0 Å². The standard InChI is InChI=1S/C21H18N6O3S/c1-27(2)31(29,30)15-9-7-14(8-10-15)18-16(13-5-3-12(11-22)4-6-13)17-19(24-18)25-21(23)26-20(17)28/h3-10H,1-2H3,(H4,23,24,25,26,28). The highest BCUT2D eigenvalue weighted by Gasteiger charge is 2.21. The summed E-state index contributed by atoms with van der Waals surface area (Å²) in [6, 6.07) is 15.2. The van der Waals surface area contributed by atoms with Gasteiger partial charge in [0.1, 0.15) is 5.65 Å². The van der Waals surface area contributed by atoms with Crippen LogP contribution in [0, 0.1) is 11.3 Å². The molecule has 4 N–H and O–H groups in total. The van der Waals surface area contributed by atoms with Crippen molar-refractivity contribution in [1.82, 2.24) is 19.3 Å². The van der Waals surface area contributed by atoms with Crippen molar-refractivity contribution in [3.63, 3.8) is 0 Å². The number of nitriles is 1. The molecule has 0 aliphatic carbocycles. The summed E-state index contributed by atoms with van der Waals surface area (Å²) in [4.78, 5) is 22.7. The zero-order chi connectivity index (χ0) is 22.3. The Balaban J connectivity index is 1.97. The van der Waals surface area contributed by atoms with Crippen LogP contribution in [-0.2, 0) is 10.0 Å². The van der Waals surface area contributed by atoms with Gasteiger partial charge in [0.25, 0.3) is 5.56 Å². The summed E-state index contributed by atoms with van der Waals surface area (Å²) in [6.07, 6.45) is 0. The number of aromatic nitrogens is 3.